The van der Waals surface area contributed by atoms with Crippen molar-refractivity contribution in [1.82, 2.24) is 10.6 Å². The second kappa shape index (κ2) is 9.96. The van der Waals surface area contributed by atoms with Crippen LogP contribution in [-0.4, -0.2) is 32.1 Å². The summed E-state index contributed by atoms with van der Waals surface area (Å²) in [5, 5.41) is 6.66. The van der Waals surface area contributed by atoms with E-state index in [1.165, 1.54) is 0 Å². The number of nitrogens with zero attached hydrogens (tertiary/aromatic N) is 2. The van der Waals surface area contributed by atoms with Crippen molar-refractivity contribution in [3.63, 3.8) is 0 Å². The maximum absolute atomic E-state index is 11.9. The quantitative estimate of drug-likeness (QED) is 0.558. The molecule has 1 heterocycles. The first-order valence-corrected chi connectivity index (χ1v) is 10.2. The molecular weight excluding hydrogens is 364 g/mol. The Labute approximate surface area is 173 Å². The van der Waals surface area contributed by atoms with Crippen molar-refractivity contribution in [2.75, 3.05) is 25.1 Å². The first-order valence-electron chi connectivity index (χ1n) is 10.2. The average molecular weight is 395 g/mol. The number of guanidine groups is 1. The number of hydrogen-bond donors (Lipinski definition) is 2. The summed E-state index contributed by atoms with van der Waals surface area (Å²) < 4.78 is 5.32. The number of amides is 1. The third-order valence-corrected chi connectivity index (χ3v) is 5.00. The summed E-state index contributed by atoms with van der Waals surface area (Å²) in [5.74, 6) is 1.88. The Kier molecular flexibility index (Phi) is 7.11. The number of benzene rings is 2. The van der Waals surface area contributed by atoms with E-state index in [9.17, 15) is 4.79 Å². The molecule has 0 aromatic heterocycles. The number of hydrogen-bond acceptors (Lipinski definition) is 3. The Morgan fingerprint density at radius 1 is 1.14 bits per heavy atom. The Morgan fingerprint density at radius 3 is 2.52 bits per heavy atom. The van der Waals surface area contributed by atoms with Crippen LogP contribution < -0.4 is 20.3 Å². The number of methoxy groups -OCH3 is 1. The molecule has 1 aliphatic heterocycles. The van der Waals surface area contributed by atoms with Crippen molar-refractivity contribution in [3.05, 3.63) is 59.2 Å². The zero-order valence-corrected chi connectivity index (χ0v) is 17.5. The van der Waals surface area contributed by atoms with Crippen LogP contribution in [-0.2, 0) is 17.9 Å². The van der Waals surface area contributed by atoms with E-state index in [0.717, 1.165) is 53.6 Å². The Morgan fingerprint density at radius 2 is 1.90 bits per heavy atom. The first kappa shape index (κ1) is 20.7. The van der Waals surface area contributed by atoms with E-state index in [4.69, 9.17) is 4.74 Å². The fraction of sp³-hybridized carbons (Fsp3) is 0.391. The van der Waals surface area contributed by atoms with Crippen molar-refractivity contribution in [2.45, 2.75) is 39.8 Å². The lowest BCUT2D eigenvalue weighted by molar-refractivity contribution is -0.117. The smallest absolute Gasteiger partial charge is 0.227 e. The van der Waals surface area contributed by atoms with Gasteiger partial charge in [-0.05, 0) is 55.2 Å². The highest BCUT2D eigenvalue weighted by Gasteiger charge is 2.21. The minimum absolute atomic E-state index is 0.214. The topological polar surface area (TPSA) is 66.0 Å². The maximum atomic E-state index is 11.9. The fourth-order valence-electron chi connectivity index (χ4n) is 3.45. The van der Waals surface area contributed by atoms with Crippen LogP contribution in [0.2, 0.25) is 0 Å². The molecule has 1 fully saturated rings. The predicted octanol–water partition coefficient (Wildman–Crippen LogP) is 3.39. The largest absolute Gasteiger partial charge is 0.496 e. The van der Waals surface area contributed by atoms with E-state index in [1.54, 1.807) is 7.11 Å². The van der Waals surface area contributed by atoms with Gasteiger partial charge in [-0.15, -0.1) is 0 Å². The molecule has 0 aliphatic carbocycles. The standard InChI is InChI=1S/C23H30N4O2/c1-4-24-23(26-16-19-9-12-21(29-3)17(2)14-19)25-15-18-7-10-20(11-8-18)27-13-5-6-22(27)28/h7-12,14H,4-6,13,15-16H2,1-3H3,(H2,24,25,26). The molecule has 1 amide bonds. The van der Waals surface area contributed by atoms with Gasteiger partial charge in [0.25, 0.3) is 0 Å². The molecule has 0 atom stereocenters. The fourth-order valence-corrected chi connectivity index (χ4v) is 3.45. The van der Waals surface area contributed by atoms with Crippen LogP contribution in [0.15, 0.2) is 47.5 Å². The van der Waals surface area contributed by atoms with E-state index in [-0.39, 0.29) is 5.91 Å². The lowest BCUT2D eigenvalue weighted by Gasteiger charge is -2.16. The van der Waals surface area contributed by atoms with Gasteiger partial charge in [0, 0.05) is 31.7 Å². The van der Waals surface area contributed by atoms with E-state index in [0.29, 0.717) is 19.5 Å². The van der Waals surface area contributed by atoms with Gasteiger partial charge in [-0.25, -0.2) is 4.99 Å². The third-order valence-electron chi connectivity index (χ3n) is 5.00. The molecule has 2 aromatic rings. The maximum Gasteiger partial charge on any atom is 0.227 e. The number of aryl methyl sites for hydroxylation is 1. The van der Waals surface area contributed by atoms with Crippen LogP contribution in [0, 0.1) is 6.92 Å². The number of nitrogens with one attached hydrogen (secondary N) is 2. The van der Waals surface area contributed by atoms with Gasteiger partial charge in [-0.3, -0.25) is 4.79 Å². The molecule has 2 aromatic carbocycles. The lowest BCUT2D eigenvalue weighted by Crippen LogP contribution is -2.36. The van der Waals surface area contributed by atoms with Crippen molar-refractivity contribution < 1.29 is 9.53 Å². The zero-order valence-electron chi connectivity index (χ0n) is 17.5. The summed E-state index contributed by atoms with van der Waals surface area (Å²) in [6, 6.07) is 14.3. The van der Waals surface area contributed by atoms with Crippen molar-refractivity contribution in [2.24, 2.45) is 4.99 Å². The van der Waals surface area contributed by atoms with Crippen LogP contribution >= 0.6 is 0 Å². The molecule has 1 saturated heterocycles. The molecule has 3 rings (SSSR count). The van der Waals surface area contributed by atoms with Gasteiger partial charge in [-0.1, -0.05) is 24.3 Å². The molecule has 6 nitrogen and oxygen atoms in total. The molecule has 0 bridgehead atoms. The Bertz CT molecular complexity index is 862. The summed E-state index contributed by atoms with van der Waals surface area (Å²) in [4.78, 5) is 18.4. The van der Waals surface area contributed by atoms with Gasteiger partial charge in [0.1, 0.15) is 5.75 Å². The number of ether oxygens (including phenoxy) is 1. The van der Waals surface area contributed by atoms with Crippen molar-refractivity contribution in [3.8, 4) is 5.75 Å². The Hall–Kier alpha value is -3.02. The summed E-state index contributed by atoms with van der Waals surface area (Å²) in [7, 11) is 1.68. The van der Waals surface area contributed by atoms with Crippen LogP contribution in [0.25, 0.3) is 0 Å². The summed E-state index contributed by atoms with van der Waals surface area (Å²) in [5.41, 5.74) is 4.37. The van der Waals surface area contributed by atoms with Crippen LogP contribution in [0.4, 0.5) is 5.69 Å². The second-order valence-corrected chi connectivity index (χ2v) is 7.17. The van der Waals surface area contributed by atoms with Crippen molar-refractivity contribution >= 4 is 17.6 Å². The summed E-state index contributed by atoms with van der Waals surface area (Å²) >= 11 is 0. The van der Waals surface area contributed by atoms with Crippen LogP contribution in [0.5, 0.6) is 5.75 Å². The number of rotatable bonds is 7. The number of aliphatic imine (C=N–C) groups is 1. The van der Waals surface area contributed by atoms with Crippen LogP contribution in [0.1, 0.15) is 36.5 Å². The average Bonchev–Trinajstić information content (AvgIpc) is 3.16. The van der Waals surface area contributed by atoms with Gasteiger partial charge < -0.3 is 20.3 Å². The molecule has 0 saturated carbocycles. The molecule has 6 heteroatoms. The Balaban J connectivity index is 1.59. The number of carbonyl (C=O) groups is 1. The van der Waals surface area contributed by atoms with Crippen molar-refractivity contribution in [1.29, 1.82) is 0 Å². The first-order chi connectivity index (χ1) is 14.1. The highest BCUT2D eigenvalue weighted by atomic mass is 16.5. The van der Waals surface area contributed by atoms with Gasteiger partial charge in [-0.2, -0.15) is 0 Å². The predicted molar refractivity (Wildman–Crippen MR) is 117 cm³/mol. The minimum Gasteiger partial charge on any atom is -0.496 e. The minimum atomic E-state index is 0.214. The van der Waals surface area contributed by atoms with E-state index in [2.05, 4.69) is 40.7 Å². The molecular formula is C23H30N4O2. The summed E-state index contributed by atoms with van der Waals surface area (Å²) in [6.45, 7) is 6.96. The molecule has 2 N–H and O–H groups in total. The van der Waals surface area contributed by atoms with Gasteiger partial charge in [0.2, 0.25) is 5.91 Å². The van der Waals surface area contributed by atoms with Crippen LogP contribution in [0.3, 0.4) is 0 Å². The van der Waals surface area contributed by atoms with Gasteiger partial charge in [0.05, 0.1) is 13.7 Å². The normalized spacial score (nSPS) is 14.2. The van der Waals surface area contributed by atoms with E-state index in [1.807, 2.05) is 36.1 Å². The second-order valence-electron chi connectivity index (χ2n) is 7.17. The molecule has 29 heavy (non-hydrogen) atoms. The lowest BCUT2D eigenvalue weighted by atomic mass is 10.1. The van der Waals surface area contributed by atoms with Gasteiger partial charge in [0.15, 0.2) is 5.96 Å². The SMILES string of the molecule is CCNC(=NCc1ccc(OC)c(C)c1)NCc1ccc(N2CCCC2=O)cc1. The van der Waals surface area contributed by atoms with E-state index < -0.39 is 0 Å². The highest BCUT2D eigenvalue weighted by Crippen LogP contribution is 2.21. The molecule has 0 spiro atoms. The third kappa shape index (κ3) is 5.50. The molecule has 0 radical (unpaired) electrons. The monoisotopic (exact) mass is 394 g/mol. The molecule has 1 aliphatic rings. The zero-order chi connectivity index (χ0) is 20.6. The van der Waals surface area contributed by atoms with Gasteiger partial charge >= 0.3 is 0 Å². The molecule has 154 valence electrons. The van der Waals surface area contributed by atoms with E-state index >= 15 is 0 Å². The summed E-state index contributed by atoms with van der Waals surface area (Å²) in [6.07, 6.45) is 1.60. The highest BCUT2D eigenvalue weighted by molar-refractivity contribution is 5.95. The number of anilines is 1. The number of carbonyl (C=O) groups excluding carboxylic acids is 1. The molecule has 0 unspecified atom stereocenters.